The molecule has 2 N–H and O–H groups in total. The van der Waals surface area contributed by atoms with Gasteiger partial charge in [0.25, 0.3) is 0 Å². The van der Waals surface area contributed by atoms with Gasteiger partial charge in [0.05, 0.1) is 12.0 Å². The number of benzene rings is 3. The van der Waals surface area contributed by atoms with Crippen LogP contribution in [0.5, 0.6) is 0 Å². The van der Waals surface area contributed by atoms with Crippen molar-refractivity contribution in [3.8, 4) is 11.1 Å². The normalized spacial score (nSPS) is 16.0. The molecule has 3 aromatic carbocycles. The second-order valence-corrected chi connectivity index (χ2v) is 11.1. The van der Waals surface area contributed by atoms with Gasteiger partial charge < -0.3 is 10.2 Å². The molecule has 0 aliphatic heterocycles. The fourth-order valence-electron chi connectivity index (χ4n) is 5.31. The maximum atomic E-state index is 11.5. The van der Waals surface area contributed by atoms with Crippen LogP contribution in [0.4, 0.5) is 0 Å². The Bertz CT molecular complexity index is 1340. The Hall–Kier alpha value is -3.66. The monoisotopic (exact) mass is 482 g/mol. The predicted molar refractivity (Wildman–Crippen MR) is 145 cm³/mol. The molecule has 0 saturated heterocycles. The molecule has 0 saturated carbocycles. The average Bonchev–Trinajstić information content (AvgIpc) is 2.82. The third-order valence-electron chi connectivity index (χ3n) is 7.49. The molecule has 0 spiro atoms. The van der Waals surface area contributed by atoms with E-state index in [-0.39, 0.29) is 22.8 Å². The first-order valence-corrected chi connectivity index (χ1v) is 12.5. The van der Waals surface area contributed by atoms with E-state index < -0.39 is 11.9 Å². The Kier molecular flexibility index (Phi) is 6.90. The summed E-state index contributed by atoms with van der Waals surface area (Å²) in [5.41, 5.74) is 7.60. The van der Waals surface area contributed by atoms with E-state index in [0.29, 0.717) is 11.1 Å². The molecule has 3 aromatic rings. The predicted octanol–water partition coefficient (Wildman–Crippen LogP) is 7.28. The van der Waals surface area contributed by atoms with Gasteiger partial charge in [-0.05, 0) is 81.2 Å². The summed E-state index contributed by atoms with van der Waals surface area (Å²) in [6.45, 7) is 9.30. The van der Waals surface area contributed by atoms with Crippen LogP contribution in [0.3, 0.4) is 0 Å². The summed E-state index contributed by atoms with van der Waals surface area (Å²) in [5, 5.41) is 18.9. The van der Waals surface area contributed by atoms with Crippen LogP contribution >= 0.6 is 0 Å². The summed E-state index contributed by atoms with van der Waals surface area (Å²) in [4.78, 5) is 23.1. The zero-order valence-corrected chi connectivity index (χ0v) is 21.5. The van der Waals surface area contributed by atoms with E-state index in [1.165, 1.54) is 29.5 Å². The van der Waals surface area contributed by atoms with E-state index in [1.54, 1.807) is 24.3 Å². The maximum absolute atomic E-state index is 11.5. The van der Waals surface area contributed by atoms with E-state index in [2.05, 4.69) is 52.0 Å². The summed E-state index contributed by atoms with van der Waals surface area (Å²) in [7, 11) is 0. The second kappa shape index (κ2) is 9.77. The first kappa shape index (κ1) is 25.4. The van der Waals surface area contributed by atoms with Gasteiger partial charge in [0.2, 0.25) is 0 Å². The number of aromatic carboxylic acids is 1. The van der Waals surface area contributed by atoms with Gasteiger partial charge in [-0.1, -0.05) is 88.4 Å². The van der Waals surface area contributed by atoms with E-state index in [0.717, 1.165) is 17.5 Å². The minimum Gasteiger partial charge on any atom is -0.481 e. The van der Waals surface area contributed by atoms with Gasteiger partial charge in [0, 0.05) is 0 Å². The molecule has 0 fully saturated rings. The molecule has 0 radical (unpaired) electrons. The van der Waals surface area contributed by atoms with E-state index >= 15 is 0 Å². The fraction of sp³-hybridized carbons (Fsp3) is 0.312. The summed E-state index contributed by atoms with van der Waals surface area (Å²) >= 11 is 0. The molecule has 0 unspecified atom stereocenters. The molecule has 1 aliphatic carbocycles. The summed E-state index contributed by atoms with van der Waals surface area (Å²) < 4.78 is 0. The van der Waals surface area contributed by atoms with E-state index in [4.69, 9.17) is 0 Å². The van der Waals surface area contributed by atoms with Crippen molar-refractivity contribution in [3.05, 3.63) is 100 Å². The number of fused-ring (bicyclic) bond motifs is 1. The Morgan fingerprint density at radius 1 is 0.861 bits per heavy atom. The van der Waals surface area contributed by atoms with Crippen molar-refractivity contribution >= 4 is 18.0 Å². The molecule has 4 nitrogen and oxygen atoms in total. The number of hydrogen-bond acceptors (Lipinski definition) is 2. The topological polar surface area (TPSA) is 74.6 Å². The average molecular weight is 483 g/mol. The number of rotatable bonds is 7. The number of hydrogen-bond donors (Lipinski definition) is 2. The zero-order chi connectivity index (χ0) is 26.1. The maximum Gasteiger partial charge on any atom is 0.335 e. The SMILES string of the molecule is CC1(C)CCC(C)(C)c2cc(C/C=C/c3cccc(CC(=O)O)c3-c3cccc(C(=O)O)c3)ccc21. The molecule has 4 heteroatoms. The second-order valence-electron chi connectivity index (χ2n) is 11.1. The number of carboxylic acid groups (broad SMARTS) is 2. The largest absolute Gasteiger partial charge is 0.481 e. The van der Waals surface area contributed by atoms with Crippen LogP contribution in [0.25, 0.3) is 17.2 Å². The Balaban J connectivity index is 1.69. The molecule has 4 rings (SSSR count). The van der Waals surface area contributed by atoms with Crippen LogP contribution in [-0.2, 0) is 28.5 Å². The first-order valence-electron chi connectivity index (χ1n) is 12.5. The van der Waals surface area contributed by atoms with Crippen molar-refractivity contribution in [3.63, 3.8) is 0 Å². The van der Waals surface area contributed by atoms with Crippen LogP contribution in [0.1, 0.15) is 78.7 Å². The zero-order valence-electron chi connectivity index (χ0n) is 21.5. The van der Waals surface area contributed by atoms with Gasteiger partial charge in [-0.2, -0.15) is 0 Å². The van der Waals surface area contributed by atoms with Crippen LogP contribution in [0.15, 0.2) is 66.7 Å². The third kappa shape index (κ3) is 5.28. The highest BCUT2D eigenvalue weighted by atomic mass is 16.4. The molecule has 0 aromatic heterocycles. The summed E-state index contributed by atoms with van der Waals surface area (Å²) in [6, 6.07) is 19.1. The highest BCUT2D eigenvalue weighted by Gasteiger charge is 2.36. The summed E-state index contributed by atoms with van der Waals surface area (Å²) in [5.74, 6) is -1.94. The van der Waals surface area contributed by atoms with Gasteiger partial charge in [0.15, 0.2) is 0 Å². The van der Waals surface area contributed by atoms with Gasteiger partial charge in [-0.15, -0.1) is 0 Å². The molecule has 0 bridgehead atoms. The van der Waals surface area contributed by atoms with Crippen LogP contribution in [0, 0.1) is 0 Å². The van der Waals surface area contributed by atoms with Crippen molar-refractivity contribution in [2.24, 2.45) is 0 Å². The molecule has 0 amide bonds. The molecule has 0 atom stereocenters. The Labute approximate surface area is 213 Å². The Morgan fingerprint density at radius 2 is 1.56 bits per heavy atom. The molecule has 1 aliphatic rings. The molecular formula is C32H34O4. The van der Waals surface area contributed by atoms with Crippen molar-refractivity contribution in [1.29, 1.82) is 0 Å². The minimum atomic E-state index is -1.01. The van der Waals surface area contributed by atoms with Gasteiger partial charge in [0.1, 0.15) is 0 Å². The smallest absolute Gasteiger partial charge is 0.335 e. The van der Waals surface area contributed by atoms with Crippen molar-refractivity contribution in [2.45, 2.75) is 64.2 Å². The van der Waals surface area contributed by atoms with Crippen LogP contribution in [-0.4, -0.2) is 22.2 Å². The first-order chi connectivity index (χ1) is 17.0. The standard InChI is InChI=1S/C32H34O4/c1-31(2)16-17-32(3,4)27-18-21(14-15-26(27)31)8-5-9-22-10-6-12-24(20-28(33)34)29(22)23-11-7-13-25(19-23)30(35)36/h5-7,9-15,18-19H,8,16-17,20H2,1-4H3,(H,33,34)(H,35,36)/b9-5+. The molecule has 36 heavy (non-hydrogen) atoms. The fourth-order valence-corrected chi connectivity index (χ4v) is 5.31. The molecule has 186 valence electrons. The van der Waals surface area contributed by atoms with E-state index in [9.17, 15) is 19.8 Å². The number of carbonyl (C=O) groups is 2. The van der Waals surface area contributed by atoms with Crippen LogP contribution in [0.2, 0.25) is 0 Å². The van der Waals surface area contributed by atoms with Crippen molar-refractivity contribution in [1.82, 2.24) is 0 Å². The van der Waals surface area contributed by atoms with Gasteiger partial charge in [-0.25, -0.2) is 4.79 Å². The lowest BCUT2D eigenvalue weighted by atomic mass is 9.63. The minimum absolute atomic E-state index is 0.135. The number of carboxylic acids is 2. The number of allylic oxidation sites excluding steroid dienone is 1. The highest BCUT2D eigenvalue weighted by Crippen LogP contribution is 2.46. The van der Waals surface area contributed by atoms with Gasteiger partial charge >= 0.3 is 11.9 Å². The Morgan fingerprint density at radius 3 is 2.25 bits per heavy atom. The lowest BCUT2D eigenvalue weighted by Crippen LogP contribution is -2.33. The van der Waals surface area contributed by atoms with Crippen molar-refractivity contribution < 1.29 is 19.8 Å². The van der Waals surface area contributed by atoms with Crippen molar-refractivity contribution in [2.75, 3.05) is 0 Å². The number of aliphatic carboxylic acids is 1. The highest BCUT2D eigenvalue weighted by molar-refractivity contribution is 5.91. The third-order valence-corrected chi connectivity index (χ3v) is 7.49. The van der Waals surface area contributed by atoms with Crippen LogP contribution < -0.4 is 0 Å². The molecular weight excluding hydrogens is 448 g/mol. The molecule has 0 heterocycles. The lowest BCUT2D eigenvalue weighted by Gasteiger charge is -2.42. The van der Waals surface area contributed by atoms with Gasteiger partial charge in [-0.3, -0.25) is 4.79 Å². The lowest BCUT2D eigenvalue weighted by molar-refractivity contribution is -0.136. The summed E-state index contributed by atoms with van der Waals surface area (Å²) in [6.07, 6.45) is 7.09. The quantitative estimate of drug-likeness (QED) is 0.371. The van der Waals surface area contributed by atoms with E-state index in [1.807, 2.05) is 24.3 Å².